The van der Waals surface area contributed by atoms with Crippen molar-refractivity contribution < 1.29 is 14.4 Å². The summed E-state index contributed by atoms with van der Waals surface area (Å²) in [6, 6.07) is 0. The van der Waals surface area contributed by atoms with E-state index in [0.29, 0.717) is 12.1 Å². The van der Waals surface area contributed by atoms with Crippen LogP contribution in [0, 0.1) is 5.21 Å². The molecule has 1 heterocycles. The lowest BCUT2D eigenvalue weighted by atomic mass is 10.2. The van der Waals surface area contributed by atoms with Crippen LogP contribution in [-0.2, 0) is 9.63 Å². The van der Waals surface area contributed by atoms with Gasteiger partial charge in [-0.05, 0) is 13.3 Å². The fourth-order valence-electron chi connectivity index (χ4n) is 1.27. The highest BCUT2D eigenvalue weighted by atomic mass is 16.9. The molecule has 1 N–H and O–H groups in total. The highest BCUT2D eigenvalue weighted by Crippen LogP contribution is 2.11. The van der Waals surface area contributed by atoms with Crippen molar-refractivity contribution in [1.82, 2.24) is 5.32 Å². The molecule has 1 atom stereocenters. The van der Waals surface area contributed by atoms with E-state index in [1.807, 2.05) is 6.92 Å². The van der Waals surface area contributed by atoms with Gasteiger partial charge in [0.1, 0.15) is 6.54 Å². The van der Waals surface area contributed by atoms with E-state index < -0.39 is 10.8 Å². The molecule has 1 aliphatic rings. The van der Waals surface area contributed by atoms with Crippen LogP contribution in [0.2, 0.25) is 0 Å². The highest BCUT2D eigenvalue weighted by molar-refractivity contribution is 5.87. The standard InChI is InChI=1S/C9H16N2O3/c1-3-4-8(2)9(12)14-11(13)6-5-10-7-11/h4,10H,3,5-7H2,1-2H3. The number of hydrogen-bond donors (Lipinski definition) is 1. The summed E-state index contributed by atoms with van der Waals surface area (Å²) in [5, 5.41) is 14.5. The molecule has 1 fully saturated rings. The van der Waals surface area contributed by atoms with E-state index >= 15 is 0 Å². The molecule has 0 bridgehead atoms. The van der Waals surface area contributed by atoms with Gasteiger partial charge in [-0.1, -0.05) is 13.0 Å². The van der Waals surface area contributed by atoms with E-state index in [9.17, 15) is 10.0 Å². The maximum absolute atomic E-state index is 11.6. The summed E-state index contributed by atoms with van der Waals surface area (Å²) in [5.74, 6) is -0.523. The normalized spacial score (nSPS) is 27.8. The van der Waals surface area contributed by atoms with Crippen LogP contribution in [0.4, 0.5) is 0 Å². The Hall–Kier alpha value is -0.910. The van der Waals surface area contributed by atoms with Gasteiger partial charge in [0.05, 0.1) is 6.54 Å². The maximum atomic E-state index is 11.6. The molecule has 0 aromatic rings. The van der Waals surface area contributed by atoms with Crippen molar-refractivity contribution in [3.63, 3.8) is 0 Å². The minimum absolute atomic E-state index is 0.144. The van der Waals surface area contributed by atoms with Crippen LogP contribution in [0.15, 0.2) is 11.6 Å². The quantitative estimate of drug-likeness (QED) is 0.413. The zero-order valence-corrected chi connectivity index (χ0v) is 8.58. The van der Waals surface area contributed by atoms with Crippen LogP contribution in [0.1, 0.15) is 20.3 Å². The molecular weight excluding hydrogens is 184 g/mol. The van der Waals surface area contributed by atoms with Gasteiger partial charge in [0.25, 0.3) is 0 Å². The van der Waals surface area contributed by atoms with E-state index in [0.717, 1.165) is 6.42 Å². The van der Waals surface area contributed by atoms with Crippen molar-refractivity contribution in [3.8, 4) is 0 Å². The van der Waals surface area contributed by atoms with Gasteiger partial charge in [-0.15, -0.1) is 4.81 Å². The molecule has 0 aromatic carbocycles. The fraction of sp³-hybridized carbons (Fsp3) is 0.667. The lowest BCUT2D eigenvalue weighted by molar-refractivity contribution is -1.04. The van der Waals surface area contributed by atoms with Crippen LogP contribution >= 0.6 is 0 Å². The second-order valence-corrected chi connectivity index (χ2v) is 3.37. The fourth-order valence-corrected chi connectivity index (χ4v) is 1.27. The summed E-state index contributed by atoms with van der Waals surface area (Å²) < 4.78 is 0. The first-order valence-electron chi connectivity index (χ1n) is 4.77. The monoisotopic (exact) mass is 200 g/mol. The topological polar surface area (TPSA) is 61.4 Å². The first kappa shape index (κ1) is 11.2. The van der Waals surface area contributed by atoms with Crippen LogP contribution in [-0.4, -0.2) is 30.5 Å². The van der Waals surface area contributed by atoms with Crippen LogP contribution in [0.25, 0.3) is 0 Å². The molecule has 0 saturated carbocycles. The van der Waals surface area contributed by atoms with Gasteiger partial charge in [-0.3, -0.25) is 10.2 Å². The van der Waals surface area contributed by atoms with Crippen molar-refractivity contribution in [2.45, 2.75) is 20.3 Å². The number of quaternary nitrogens is 1. The Morgan fingerprint density at radius 2 is 2.43 bits per heavy atom. The van der Waals surface area contributed by atoms with Gasteiger partial charge >= 0.3 is 5.97 Å². The second-order valence-electron chi connectivity index (χ2n) is 3.37. The molecule has 14 heavy (non-hydrogen) atoms. The molecule has 1 saturated heterocycles. The summed E-state index contributed by atoms with van der Waals surface area (Å²) in [4.78, 5) is 15.3. The highest BCUT2D eigenvalue weighted by Gasteiger charge is 2.28. The molecular formula is C9H16N2O3. The number of nitrogens with zero attached hydrogens (tertiary/aromatic N) is 1. The van der Waals surface area contributed by atoms with Crippen molar-refractivity contribution in [1.29, 1.82) is 0 Å². The van der Waals surface area contributed by atoms with Crippen LogP contribution in [0.3, 0.4) is 0 Å². The van der Waals surface area contributed by atoms with Crippen LogP contribution in [0.5, 0.6) is 0 Å². The zero-order valence-electron chi connectivity index (χ0n) is 8.58. The predicted octanol–water partition coefficient (Wildman–Crippen LogP) is 0.676. The summed E-state index contributed by atoms with van der Waals surface area (Å²) in [6.45, 7) is 4.60. The first-order chi connectivity index (χ1) is 6.57. The molecule has 0 radical (unpaired) electrons. The SMILES string of the molecule is CCC=C(C)C(=O)O[N+]1([O-])CCNC1. The Morgan fingerprint density at radius 1 is 1.71 bits per heavy atom. The zero-order chi connectivity index (χ0) is 10.6. The van der Waals surface area contributed by atoms with Crippen molar-refractivity contribution in [2.24, 2.45) is 0 Å². The Kier molecular flexibility index (Phi) is 3.62. The van der Waals surface area contributed by atoms with Gasteiger partial charge in [-0.2, -0.15) is 0 Å². The lowest BCUT2D eigenvalue weighted by Gasteiger charge is -2.32. The molecule has 0 spiro atoms. The lowest BCUT2D eigenvalue weighted by Crippen LogP contribution is -2.42. The van der Waals surface area contributed by atoms with Crippen molar-refractivity contribution >= 4 is 5.97 Å². The third-order valence-electron chi connectivity index (χ3n) is 2.06. The number of hydrogen-bond acceptors (Lipinski definition) is 4. The summed E-state index contributed by atoms with van der Waals surface area (Å²) in [7, 11) is 0. The Balaban J connectivity index is 2.51. The van der Waals surface area contributed by atoms with E-state index in [-0.39, 0.29) is 13.2 Å². The van der Waals surface area contributed by atoms with E-state index in [4.69, 9.17) is 4.84 Å². The smallest absolute Gasteiger partial charge is 0.393 e. The maximum Gasteiger partial charge on any atom is 0.393 e. The largest absolute Gasteiger partial charge is 0.588 e. The van der Waals surface area contributed by atoms with Gasteiger partial charge in [0.15, 0.2) is 6.67 Å². The average molecular weight is 200 g/mol. The molecule has 0 aliphatic carbocycles. The van der Waals surface area contributed by atoms with E-state index in [2.05, 4.69) is 5.32 Å². The molecule has 0 amide bonds. The number of rotatable bonds is 3. The van der Waals surface area contributed by atoms with Gasteiger partial charge in [0, 0.05) is 5.57 Å². The van der Waals surface area contributed by atoms with Crippen molar-refractivity contribution in [3.05, 3.63) is 16.9 Å². The van der Waals surface area contributed by atoms with Crippen LogP contribution < -0.4 is 5.32 Å². The molecule has 1 rings (SSSR count). The number of nitrogens with one attached hydrogen (secondary N) is 1. The average Bonchev–Trinajstić information content (AvgIpc) is 2.52. The third-order valence-corrected chi connectivity index (χ3v) is 2.06. The third kappa shape index (κ3) is 2.80. The van der Waals surface area contributed by atoms with Gasteiger partial charge < -0.3 is 5.21 Å². The minimum Gasteiger partial charge on any atom is -0.588 e. The number of carbonyl (C=O) groups is 1. The summed E-state index contributed by atoms with van der Waals surface area (Å²) in [6.07, 6.45) is 2.51. The Labute approximate surface area is 83.5 Å². The molecule has 80 valence electrons. The molecule has 0 aromatic heterocycles. The second kappa shape index (κ2) is 4.54. The summed E-state index contributed by atoms with van der Waals surface area (Å²) >= 11 is 0. The van der Waals surface area contributed by atoms with Crippen molar-refractivity contribution in [2.75, 3.05) is 19.8 Å². The van der Waals surface area contributed by atoms with E-state index in [1.54, 1.807) is 13.0 Å². The van der Waals surface area contributed by atoms with Gasteiger partial charge in [-0.25, -0.2) is 4.79 Å². The number of carbonyl (C=O) groups excluding carboxylic acids is 1. The predicted molar refractivity (Wildman–Crippen MR) is 51.5 cm³/mol. The minimum atomic E-state index is -0.909. The molecule has 5 nitrogen and oxygen atoms in total. The molecule has 5 heteroatoms. The Morgan fingerprint density at radius 3 is 2.93 bits per heavy atom. The van der Waals surface area contributed by atoms with Gasteiger partial charge in [0.2, 0.25) is 0 Å². The Bertz CT molecular complexity index is 244. The van der Waals surface area contributed by atoms with E-state index in [1.165, 1.54) is 0 Å². The number of hydroxylamine groups is 4. The first-order valence-corrected chi connectivity index (χ1v) is 4.77. The number of allylic oxidation sites excluding steroid dienone is 1. The molecule has 1 unspecified atom stereocenters. The molecule has 1 aliphatic heterocycles. The summed E-state index contributed by atoms with van der Waals surface area (Å²) in [5.41, 5.74) is 0.493.